The molecular weight excluding hydrogens is 424 g/mol. The van der Waals surface area contributed by atoms with Crippen molar-refractivity contribution in [2.75, 3.05) is 21.3 Å². The molecule has 32 heavy (non-hydrogen) atoms. The number of amides is 1. The number of carbonyl (C=O) groups excluding carboxylic acids is 1. The summed E-state index contributed by atoms with van der Waals surface area (Å²) in [5.74, 6) is 3.09. The van der Waals surface area contributed by atoms with Crippen LogP contribution in [0.25, 0.3) is 0 Å². The first-order chi connectivity index (χ1) is 15.6. The predicted octanol–water partition coefficient (Wildman–Crippen LogP) is 4.91. The lowest BCUT2D eigenvalue weighted by molar-refractivity contribution is 0.0955. The molecule has 0 spiro atoms. The van der Waals surface area contributed by atoms with Crippen molar-refractivity contribution in [3.8, 4) is 17.2 Å². The second-order valence-corrected chi connectivity index (χ2v) is 7.82. The minimum Gasteiger partial charge on any atom is -0.493 e. The van der Waals surface area contributed by atoms with Gasteiger partial charge in [0, 0.05) is 22.6 Å². The number of thioether (sulfide) groups is 1. The number of rotatable bonds is 10. The van der Waals surface area contributed by atoms with Gasteiger partial charge >= 0.3 is 0 Å². The fourth-order valence-electron chi connectivity index (χ4n) is 3.02. The SMILES string of the molecule is COc1cc(/C=N\NC(=O)c2ccc(CSCc3ccccc3)cc2)cc(OC)c1OC. The van der Waals surface area contributed by atoms with E-state index in [9.17, 15) is 4.79 Å². The monoisotopic (exact) mass is 450 g/mol. The van der Waals surface area contributed by atoms with E-state index in [1.165, 1.54) is 17.3 Å². The molecule has 0 fully saturated rings. The summed E-state index contributed by atoms with van der Waals surface area (Å²) >= 11 is 1.84. The molecule has 0 unspecified atom stereocenters. The minimum atomic E-state index is -0.280. The maximum atomic E-state index is 12.4. The Morgan fingerprint density at radius 1 is 0.875 bits per heavy atom. The zero-order valence-electron chi connectivity index (χ0n) is 18.3. The number of hydrazone groups is 1. The van der Waals surface area contributed by atoms with Crippen molar-refractivity contribution in [3.05, 3.63) is 89.0 Å². The van der Waals surface area contributed by atoms with Gasteiger partial charge in [-0.05, 0) is 35.4 Å². The van der Waals surface area contributed by atoms with Gasteiger partial charge in [0.15, 0.2) is 11.5 Å². The molecule has 1 amide bonds. The summed E-state index contributed by atoms with van der Waals surface area (Å²) in [6, 6.07) is 21.4. The Bertz CT molecular complexity index is 1030. The Balaban J connectivity index is 1.55. The summed E-state index contributed by atoms with van der Waals surface area (Å²) < 4.78 is 16.0. The van der Waals surface area contributed by atoms with Gasteiger partial charge < -0.3 is 14.2 Å². The number of nitrogens with zero attached hydrogens (tertiary/aromatic N) is 1. The quantitative estimate of drug-likeness (QED) is 0.351. The van der Waals surface area contributed by atoms with Crippen LogP contribution in [0, 0.1) is 0 Å². The third-order valence-corrected chi connectivity index (χ3v) is 5.74. The number of carbonyl (C=O) groups is 1. The lowest BCUT2D eigenvalue weighted by Crippen LogP contribution is -2.17. The van der Waals surface area contributed by atoms with Crippen LogP contribution in [0.2, 0.25) is 0 Å². The van der Waals surface area contributed by atoms with Crippen molar-refractivity contribution >= 4 is 23.9 Å². The van der Waals surface area contributed by atoms with Crippen LogP contribution in [0.4, 0.5) is 0 Å². The van der Waals surface area contributed by atoms with Gasteiger partial charge in [-0.3, -0.25) is 4.79 Å². The normalized spacial score (nSPS) is 10.7. The molecule has 0 atom stereocenters. The van der Waals surface area contributed by atoms with Crippen molar-refractivity contribution in [2.24, 2.45) is 5.10 Å². The van der Waals surface area contributed by atoms with Crippen LogP contribution in [0.5, 0.6) is 17.2 Å². The summed E-state index contributed by atoms with van der Waals surface area (Å²) in [4.78, 5) is 12.4. The summed E-state index contributed by atoms with van der Waals surface area (Å²) in [6.07, 6.45) is 1.52. The van der Waals surface area contributed by atoms with Crippen molar-refractivity contribution in [1.82, 2.24) is 5.43 Å². The predicted molar refractivity (Wildman–Crippen MR) is 129 cm³/mol. The highest BCUT2D eigenvalue weighted by atomic mass is 32.2. The molecule has 3 aromatic carbocycles. The highest BCUT2D eigenvalue weighted by Crippen LogP contribution is 2.37. The molecule has 0 aromatic heterocycles. The largest absolute Gasteiger partial charge is 0.493 e. The second kappa shape index (κ2) is 11.8. The molecule has 1 N–H and O–H groups in total. The Morgan fingerprint density at radius 3 is 2.03 bits per heavy atom. The summed E-state index contributed by atoms with van der Waals surface area (Å²) in [6.45, 7) is 0. The van der Waals surface area contributed by atoms with Gasteiger partial charge in [-0.15, -0.1) is 0 Å². The summed E-state index contributed by atoms with van der Waals surface area (Å²) in [5.41, 5.74) is 6.27. The van der Waals surface area contributed by atoms with E-state index in [2.05, 4.69) is 22.7 Å². The van der Waals surface area contributed by atoms with E-state index in [4.69, 9.17) is 14.2 Å². The molecular formula is C25H26N2O4S. The molecule has 3 aromatic rings. The average molecular weight is 451 g/mol. The number of benzene rings is 3. The summed E-state index contributed by atoms with van der Waals surface area (Å²) in [5, 5.41) is 4.05. The number of nitrogens with one attached hydrogen (secondary N) is 1. The molecule has 0 aliphatic rings. The van der Waals surface area contributed by atoms with Crippen LogP contribution < -0.4 is 19.6 Å². The van der Waals surface area contributed by atoms with Crippen LogP contribution in [0.3, 0.4) is 0 Å². The fourth-order valence-corrected chi connectivity index (χ4v) is 3.98. The molecule has 0 bridgehead atoms. The third-order valence-electron chi connectivity index (χ3n) is 4.66. The highest BCUT2D eigenvalue weighted by Gasteiger charge is 2.12. The number of hydrogen-bond donors (Lipinski definition) is 1. The van der Waals surface area contributed by atoms with Crippen molar-refractivity contribution < 1.29 is 19.0 Å². The zero-order valence-corrected chi connectivity index (χ0v) is 19.1. The first-order valence-electron chi connectivity index (χ1n) is 9.98. The van der Waals surface area contributed by atoms with Gasteiger partial charge in [0.25, 0.3) is 5.91 Å². The maximum Gasteiger partial charge on any atom is 0.271 e. The molecule has 3 rings (SSSR count). The number of methoxy groups -OCH3 is 3. The lowest BCUT2D eigenvalue weighted by atomic mass is 10.1. The first-order valence-corrected chi connectivity index (χ1v) is 11.1. The number of hydrogen-bond acceptors (Lipinski definition) is 6. The minimum absolute atomic E-state index is 0.280. The Morgan fingerprint density at radius 2 is 1.47 bits per heavy atom. The van der Waals surface area contributed by atoms with Gasteiger partial charge in [0.05, 0.1) is 27.5 Å². The zero-order chi connectivity index (χ0) is 22.8. The molecule has 0 heterocycles. The molecule has 7 heteroatoms. The van der Waals surface area contributed by atoms with Crippen LogP contribution >= 0.6 is 11.8 Å². The molecule has 0 aliphatic heterocycles. The Labute approximate surface area is 192 Å². The van der Waals surface area contributed by atoms with E-state index in [0.717, 1.165) is 11.5 Å². The summed E-state index contributed by atoms with van der Waals surface area (Å²) in [7, 11) is 4.63. The van der Waals surface area contributed by atoms with Crippen LogP contribution in [0.1, 0.15) is 27.0 Å². The van der Waals surface area contributed by atoms with Gasteiger partial charge in [-0.1, -0.05) is 42.5 Å². The van der Waals surface area contributed by atoms with E-state index in [1.54, 1.807) is 33.5 Å². The van der Waals surface area contributed by atoms with E-state index < -0.39 is 0 Å². The van der Waals surface area contributed by atoms with Crippen LogP contribution in [-0.4, -0.2) is 33.5 Å². The second-order valence-electron chi connectivity index (χ2n) is 6.83. The third kappa shape index (κ3) is 6.28. The molecule has 166 valence electrons. The van der Waals surface area contributed by atoms with Gasteiger partial charge in [-0.25, -0.2) is 5.43 Å². The molecule has 6 nitrogen and oxygen atoms in total. The first kappa shape index (κ1) is 23.2. The smallest absolute Gasteiger partial charge is 0.271 e. The lowest BCUT2D eigenvalue weighted by Gasteiger charge is -2.12. The Kier molecular flexibility index (Phi) is 8.57. The van der Waals surface area contributed by atoms with Gasteiger partial charge in [-0.2, -0.15) is 16.9 Å². The Hall–Kier alpha value is -3.45. The average Bonchev–Trinajstić information content (AvgIpc) is 2.84. The molecule has 0 aliphatic carbocycles. The van der Waals surface area contributed by atoms with Crippen molar-refractivity contribution in [1.29, 1.82) is 0 Å². The van der Waals surface area contributed by atoms with Crippen molar-refractivity contribution in [2.45, 2.75) is 11.5 Å². The van der Waals surface area contributed by atoms with Crippen LogP contribution in [-0.2, 0) is 11.5 Å². The number of ether oxygens (including phenoxy) is 3. The molecule has 0 saturated carbocycles. The van der Waals surface area contributed by atoms with E-state index in [1.807, 2.05) is 54.2 Å². The topological polar surface area (TPSA) is 69.2 Å². The fraction of sp³-hybridized carbons (Fsp3) is 0.200. The van der Waals surface area contributed by atoms with E-state index >= 15 is 0 Å². The van der Waals surface area contributed by atoms with E-state index in [-0.39, 0.29) is 5.91 Å². The molecule has 0 saturated heterocycles. The standard InChI is InChI=1S/C25H26N2O4S/c1-29-22-13-20(14-23(30-2)24(22)31-3)15-26-27-25(28)21-11-9-19(10-12-21)17-32-16-18-7-5-4-6-8-18/h4-15H,16-17H2,1-3H3,(H,27,28)/b26-15-. The van der Waals surface area contributed by atoms with Crippen LogP contribution in [0.15, 0.2) is 71.8 Å². The van der Waals surface area contributed by atoms with Gasteiger partial charge in [0.1, 0.15) is 0 Å². The maximum absolute atomic E-state index is 12.4. The highest BCUT2D eigenvalue weighted by molar-refractivity contribution is 7.97. The van der Waals surface area contributed by atoms with E-state index in [0.29, 0.717) is 28.4 Å². The van der Waals surface area contributed by atoms with Crippen molar-refractivity contribution in [3.63, 3.8) is 0 Å². The van der Waals surface area contributed by atoms with Gasteiger partial charge in [0.2, 0.25) is 5.75 Å². The molecule has 0 radical (unpaired) electrons.